The first-order valence-corrected chi connectivity index (χ1v) is 4.18. The fraction of sp³-hybridized carbons (Fsp3) is 0.125. The Kier molecular flexibility index (Phi) is 3.12. The number of hydrogen-bond donors (Lipinski definition) is 1. The van der Waals surface area contributed by atoms with Gasteiger partial charge in [-0.25, -0.2) is 4.39 Å². The lowest BCUT2D eigenvalue weighted by atomic mass is 10.2. The SMILES string of the molecule is CNC(=O)c1cc(F)c(Cl)cc1Cl. The number of nitrogens with one attached hydrogen (secondary N) is 1. The van der Waals surface area contributed by atoms with Crippen LogP contribution in [0.3, 0.4) is 0 Å². The molecule has 0 aliphatic rings. The summed E-state index contributed by atoms with van der Waals surface area (Å²) in [4.78, 5) is 11.1. The molecule has 0 radical (unpaired) electrons. The van der Waals surface area contributed by atoms with E-state index in [1.165, 1.54) is 13.1 Å². The highest BCUT2D eigenvalue weighted by atomic mass is 35.5. The molecule has 2 nitrogen and oxygen atoms in total. The topological polar surface area (TPSA) is 29.1 Å². The van der Waals surface area contributed by atoms with Crippen LogP contribution in [0.4, 0.5) is 4.39 Å². The van der Waals surface area contributed by atoms with Crippen LogP contribution < -0.4 is 5.32 Å². The smallest absolute Gasteiger partial charge is 0.252 e. The van der Waals surface area contributed by atoms with E-state index in [4.69, 9.17) is 23.2 Å². The van der Waals surface area contributed by atoms with E-state index in [0.29, 0.717) is 0 Å². The molecular formula is C8H6Cl2FNO. The summed E-state index contributed by atoms with van der Waals surface area (Å²) in [6.07, 6.45) is 0. The van der Waals surface area contributed by atoms with Crippen molar-refractivity contribution in [2.24, 2.45) is 0 Å². The Morgan fingerprint density at radius 2 is 2.00 bits per heavy atom. The minimum Gasteiger partial charge on any atom is -0.355 e. The maximum atomic E-state index is 12.9. The first kappa shape index (κ1) is 10.3. The Hall–Kier alpha value is -0.800. The zero-order valence-corrected chi connectivity index (χ0v) is 8.21. The minimum atomic E-state index is -0.662. The van der Waals surface area contributed by atoms with E-state index in [0.717, 1.165) is 6.07 Å². The molecule has 0 heterocycles. The van der Waals surface area contributed by atoms with Crippen molar-refractivity contribution in [3.63, 3.8) is 0 Å². The van der Waals surface area contributed by atoms with E-state index >= 15 is 0 Å². The summed E-state index contributed by atoms with van der Waals surface area (Å²) in [5, 5.41) is 2.37. The molecule has 1 aromatic rings. The predicted octanol–water partition coefficient (Wildman–Crippen LogP) is 2.49. The molecule has 1 amide bonds. The van der Waals surface area contributed by atoms with Crippen molar-refractivity contribution in [2.75, 3.05) is 7.05 Å². The fourth-order valence-corrected chi connectivity index (χ4v) is 1.30. The third kappa shape index (κ3) is 2.11. The number of rotatable bonds is 1. The van der Waals surface area contributed by atoms with Crippen molar-refractivity contribution in [1.82, 2.24) is 5.32 Å². The van der Waals surface area contributed by atoms with Gasteiger partial charge in [0.25, 0.3) is 5.91 Å². The molecule has 0 aliphatic heterocycles. The van der Waals surface area contributed by atoms with E-state index in [9.17, 15) is 9.18 Å². The van der Waals surface area contributed by atoms with Gasteiger partial charge >= 0.3 is 0 Å². The summed E-state index contributed by atoms with van der Waals surface area (Å²) >= 11 is 11.1. The molecule has 13 heavy (non-hydrogen) atoms. The standard InChI is InChI=1S/C8H6Cl2FNO/c1-12-8(13)4-2-7(11)6(10)3-5(4)9/h2-3H,1H3,(H,12,13). The Morgan fingerprint density at radius 1 is 1.38 bits per heavy atom. The van der Waals surface area contributed by atoms with Gasteiger partial charge in [-0.2, -0.15) is 0 Å². The summed E-state index contributed by atoms with van der Waals surface area (Å²) in [5.74, 6) is -1.11. The van der Waals surface area contributed by atoms with Crippen LogP contribution >= 0.6 is 23.2 Å². The summed E-state index contributed by atoms with van der Waals surface area (Å²) in [7, 11) is 1.44. The molecule has 0 spiro atoms. The fourth-order valence-electron chi connectivity index (χ4n) is 0.831. The van der Waals surface area contributed by atoms with Gasteiger partial charge in [0.15, 0.2) is 0 Å². The predicted molar refractivity (Wildman–Crippen MR) is 49.8 cm³/mol. The number of halogens is 3. The van der Waals surface area contributed by atoms with Gasteiger partial charge in [0.1, 0.15) is 5.82 Å². The van der Waals surface area contributed by atoms with Gasteiger partial charge in [0.2, 0.25) is 0 Å². The highest BCUT2D eigenvalue weighted by Gasteiger charge is 2.12. The second-order valence-electron chi connectivity index (χ2n) is 2.33. The molecule has 0 saturated carbocycles. The summed E-state index contributed by atoms with van der Waals surface area (Å²) in [5.41, 5.74) is 0.0751. The quantitative estimate of drug-likeness (QED) is 0.726. The summed E-state index contributed by atoms with van der Waals surface area (Å²) in [6.45, 7) is 0. The van der Waals surface area contributed by atoms with E-state index in [1.54, 1.807) is 0 Å². The normalized spacial score (nSPS) is 9.85. The van der Waals surface area contributed by atoms with Crippen molar-refractivity contribution in [1.29, 1.82) is 0 Å². The van der Waals surface area contributed by atoms with Crippen LogP contribution in [0.2, 0.25) is 10.0 Å². The first-order chi connectivity index (χ1) is 6.06. The second kappa shape index (κ2) is 3.94. The van der Waals surface area contributed by atoms with Crippen LogP contribution in [0.15, 0.2) is 12.1 Å². The minimum absolute atomic E-state index is 0.0751. The van der Waals surface area contributed by atoms with Crippen LogP contribution in [-0.2, 0) is 0 Å². The average Bonchev–Trinajstić information content (AvgIpc) is 2.10. The average molecular weight is 222 g/mol. The lowest BCUT2D eigenvalue weighted by Gasteiger charge is -2.03. The largest absolute Gasteiger partial charge is 0.355 e. The number of carbonyl (C=O) groups is 1. The van der Waals surface area contributed by atoms with Gasteiger partial charge in [0.05, 0.1) is 15.6 Å². The van der Waals surface area contributed by atoms with Crippen molar-refractivity contribution in [3.05, 3.63) is 33.6 Å². The van der Waals surface area contributed by atoms with Crippen molar-refractivity contribution in [2.45, 2.75) is 0 Å². The maximum Gasteiger partial charge on any atom is 0.252 e. The molecule has 0 bridgehead atoms. The van der Waals surface area contributed by atoms with Gasteiger partial charge < -0.3 is 5.32 Å². The van der Waals surface area contributed by atoms with Crippen LogP contribution in [0.1, 0.15) is 10.4 Å². The molecular weight excluding hydrogens is 216 g/mol. The van der Waals surface area contributed by atoms with Crippen molar-refractivity contribution < 1.29 is 9.18 Å². The molecule has 0 aliphatic carbocycles. The summed E-state index contributed by atoms with van der Waals surface area (Å²) < 4.78 is 12.9. The van der Waals surface area contributed by atoms with Crippen molar-refractivity contribution >= 4 is 29.1 Å². The van der Waals surface area contributed by atoms with Crippen molar-refractivity contribution in [3.8, 4) is 0 Å². The molecule has 0 aromatic heterocycles. The Labute approximate surface area is 84.6 Å². The number of carbonyl (C=O) groups excluding carboxylic acids is 1. The number of hydrogen-bond acceptors (Lipinski definition) is 1. The van der Waals surface area contributed by atoms with Crippen LogP contribution in [0.5, 0.6) is 0 Å². The van der Waals surface area contributed by atoms with Crippen LogP contribution in [0, 0.1) is 5.82 Å². The number of benzene rings is 1. The second-order valence-corrected chi connectivity index (χ2v) is 3.14. The molecule has 0 saturated heterocycles. The highest BCUT2D eigenvalue weighted by Crippen LogP contribution is 2.23. The Bertz CT molecular complexity index is 354. The van der Waals surface area contributed by atoms with E-state index < -0.39 is 11.7 Å². The molecule has 0 unspecified atom stereocenters. The van der Waals surface area contributed by atoms with E-state index in [2.05, 4.69) is 5.32 Å². The van der Waals surface area contributed by atoms with Crippen LogP contribution in [-0.4, -0.2) is 13.0 Å². The molecule has 1 rings (SSSR count). The zero-order valence-electron chi connectivity index (χ0n) is 6.70. The first-order valence-electron chi connectivity index (χ1n) is 3.43. The Balaban J connectivity index is 3.23. The maximum absolute atomic E-state index is 12.9. The zero-order chi connectivity index (χ0) is 10.0. The Morgan fingerprint density at radius 3 is 2.54 bits per heavy atom. The molecule has 0 atom stereocenters. The molecule has 1 aromatic carbocycles. The highest BCUT2D eigenvalue weighted by molar-refractivity contribution is 6.36. The van der Waals surface area contributed by atoms with E-state index in [1.807, 2.05) is 0 Å². The lowest BCUT2D eigenvalue weighted by molar-refractivity contribution is 0.0963. The van der Waals surface area contributed by atoms with Gasteiger partial charge in [-0.15, -0.1) is 0 Å². The lowest BCUT2D eigenvalue weighted by Crippen LogP contribution is -2.18. The van der Waals surface area contributed by atoms with Gasteiger partial charge in [-0.05, 0) is 12.1 Å². The number of amides is 1. The molecule has 0 fully saturated rings. The summed E-state index contributed by atoms with van der Waals surface area (Å²) in [6, 6.07) is 2.20. The van der Waals surface area contributed by atoms with Crippen LogP contribution in [0.25, 0.3) is 0 Å². The van der Waals surface area contributed by atoms with Gasteiger partial charge in [-0.1, -0.05) is 23.2 Å². The molecule has 70 valence electrons. The monoisotopic (exact) mass is 221 g/mol. The van der Waals surface area contributed by atoms with Gasteiger partial charge in [-0.3, -0.25) is 4.79 Å². The molecule has 5 heteroatoms. The van der Waals surface area contributed by atoms with E-state index in [-0.39, 0.29) is 15.6 Å². The third-order valence-electron chi connectivity index (χ3n) is 1.48. The third-order valence-corrected chi connectivity index (χ3v) is 2.08. The van der Waals surface area contributed by atoms with Gasteiger partial charge in [0, 0.05) is 7.05 Å². The molecule has 1 N–H and O–H groups in total.